The molecule has 112 valence electrons. The molecule has 0 aromatic carbocycles. The highest BCUT2D eigenvalue weighted by Crippen LogP contribution is 2.27. The highest BCUT2D eigenvalue weighted by Gasteiger charge is 2.33. The summed E-state index contributed by atoms with van der Waals surface area (Å²) in [6.07, 6.45) is -4.00. The molecule has 0 fully saturated rings. The Morgan fingerprint density at radius 2 is 2.00 bits per heavy atom. The van der Waals surface area contributed by atoms with Crippen molar-refractivity contribution in [2.45, 2.75) is 26.4 Å². The number of nitrogens with two attached hydrogens (primary N) is 1. The van der Waals surface area contributed by atoms with Crippen molar-refractivity contribution in [2.24, 2.45) is 11.7 Å². The minimum atomic E-state index is -4.48. The molecule has 1 aromatic rings. The molecule has 0 saturated carbocycles. The number of aromatic nitrogens is 2. The van der Waals surface area contributed by atoms with Gasteiger partial charge in [0.25, 0.3) is 0 Å². The maximum absolute atomic E-state index is 12.4. The van der Waals surface area contributed by atoms with Crippen LogP contribution in [0.4, 0.5) is 19.0 Å². The van der Waals surface area contributed by atoms with Crippen molar-refractivity contribution in [3.05, 3.63) is 17.8 Å². The number of rotatable bonds is 6. The summed E-state index contributed by atoms with van der Waals surface area (Å²) < 4.78 is 37.3. The molecule has 0 amide bonds. The number of hydrogen-bond donors (Lipinski definition) is 1. The number of alkyl halides is 3. The molecule has 1 aromatic heterocycles. The molecule has 0 aliphatic rings. The third-order valence-corrected chi connectivity index (χ3v) is 2.68. The first kappa shape index (κ1) is 16.6. The molecule has 1 rings (SSSR count). The second-order valence-electron chi connectivity index (χ2n) is 4.83. The molecule has 0 bridgehead atoms. The summed E-state index contributed by atoms with van der Waals surface area (Å²) in [5, 5.41) is 6.87. The van der Waals surface area contributed by atoms with Gasteiger partial charge in [0.05, 0.1) is 4.99 Å². The monoisotopic (exact) mass is 306 g/mol. The Morgan fingerprint density at radius 3 is 2.40 bits per heavy atom. The van der Waals surface area contributed by atoms with Crippen LogP contribution in [0, 0.1) is 5.92 Å². The van der Waals surface area contributed by atoms with Gasteiger partial charge in [-0.3, -0.25) is 0 Å². The molecule has 0 unspecified atom stereocenters. The van der Waals surface area contributed by atoms with Crippen LogP contribution in [0.1, 0.15) is 26.0 Å². The van der Waals surface area contributed by atoms with Crippen LogP contribution < -0.4 is 10.6 Å². The SMILES string of the molecule is CC(C)CN(CCC(N)=S)c1ccc(C(F)(F)F)nn1. The molecule has 0 aliphatic heterocycles. The molecule has 20 heavy (non-hydrogen) atoms. The minimum Gasteiger partial charge on any atom is -0.393 e. The number of nitrogens with zero attached hydrogens (tertiary/aromatic N) is 3. The summed E-state index contributed by atoms with van der Waals surface area (Å²) in [7, 11) is 0. The Kier molecular flexibility index (Phi) is 5.67. The second kappa shape index (κ2) is 6.83. The molecule has 0 aliphatic carbocycles. The van der Waals surface area contributed by atoms with E-state index in [2.05, 4.69) is 10.2 Å². The highest BCUT2D eigenvalue weighted by molar-refractivity contribution is 7.80. The van der Waals surface area contributed by atoms with Crippen molar-refractivity contribution in [3.63, 3.8) is 0 Å². The molecule has 8 heteroatoms. The van der Waals surface area contributed by atoms with Crippen molar-refractivity contribution in [1.82, 2.24) is 10.2 Å². The van der Waals surface area contributed by atoms with Gasteiger partial charge in [0, 0.05) is 19.5 Å². The zero-order valence-electron chi connectivity index (χ0n) is 11.3. The Bertz CT molecular complexity index is 445. The number of hydrogen-bond acceptors (Lipinski definition) is 4. The first-order chi connectivity index (χ1) is 9.20. The molecule has 2 N–H and O–H groups in total. The van der Waals surface area contributed by atoms with E-state index in [1.807, 2.05) is 18.7 Å². The number of halogens is 3. The van der Waals surface area contributed by atoms with Gasteiger partial charge in [-0.15, -0.1) is 10.2 Å². The molecule has 0 radical (unpaired) electrons. The Balaban J connectivity index is 2.87. The van der Waals surface area contributed by atoms with E-state index in [1.165, 1.54) is 6.07 Å². The maximum atomic E-state index is 12.4. The Hall–Kier alpha value is -1.44. The van der Waals surface area contributed by atoms with E-state index in [1.54, 1.807) is 0 Å². The van der Waals surface area contributed by atoms with E-state index < -0.39 is 11.9 Å². The fourth-order valence-corrected chi connectivity index (χ4v) is 1.72. The molecule has 4 nitrogen and oxygen atoms in total. The summed E-state index contributed by atoms with van der Waals surface area (Å²) in [6, 6.07) is 2.24. The lowest BCUT2D eigenvalue weighted by Crippen LogP contribution is -2.32. The average molecular weight is 306 g/mol. The number of thiocarbonyl (C=S) groups is 1. The van der Waals surface area contributed by atoms with Gasteiger partial charge in [-0.2, -0.15) is 13.2 Å². The molecular formula is C12H17F3N4S. The Labute approximate surface area is 121 Å². The van der Waals surface area contributed by atoms with Crippen molar-refractivity contribution in [3.8, 4) is 0 Å². The summed E-state index contributed by atoms with van der Waals surface area (Å²) in [6.45, 7) is 5.16. The van der Waals surface area contributed by atoms with Gasteiger partial charge in [0.1, 0.15) is 0 Å². The van der Waals surface area contributed by atoms with Gasteiger partial charge in [0.2, 0.25) is 0 Å². The van der Waals surface area contributed by atoms with E-state index in [9.17, 15) is 13.2 Å². The lowest BCUT2D eigenvalue weighted by molar-refractivity contribution is -0.141. The summed E-state index contributed by atoms with van der Waals surface area (Å²) >= 11 is 4.81. The van der Waals surface area contributed by atoms with Crippen LogP contribution in [0.15, 0.2) is 12.1 Å². The summed E-state index contributed by atoms with van der Waals surface area (Å²) in [4.78, 5) is 2.19. The third-order valence-electron chi connectivity index (χ3n) is 2.48. The van der Waals surface area contributed by atoms with Gasteiger partial charge in [-0.25, -0.2) is 0 Å². The van der Waals surface area contributed by atoms with Crippen molar-refractivity contribution < 1.29 is 13.2 Å². The standard InChI is InChI=1S/C12H17F3N4S/c1-8(2)7-19(6-5-10(16)20)11-4-3-9(17-18-11)12(13,14)15/h3-4,8H,5-7H2,1-2H3,(H2,16,20). The normalized spacial score (nSPS) is 11.7. The molecule has 0 atom stereocenters. The molecule has 0 spiro atoms. The highest BCUT2D eigenvalue weighted by atomic mass is 32.1. The van der Waals surface area contributed by atoms with Crippen LogP contribution in [0.2, 0.25) is 0 Å². The zero-order chi connectivity index (χ0) is 15.3. The fourth-order valence-electron chi connectivity index (χ4n) is 1.63. The minimum absolute atomic E-state index is 0.324. The summed E-state index contributed by atoms with van der Waals surface area (Å²) in [5.41, 5.74) is 4.45. The smallest absolute Gasteiger partial charge is 0.393 e. The first-order valence-electron chi connectivity index (χ1n) is 6.14. The molecular weight excluding hydrogens is 289 g/mol. The van der Waals surface area contributed by atoms with Gasteiger partial charge >= 0.3 is 6.18 Å². The van der Waals surface area contributed by atoms with E-state index in [0.717, 1.165) is 6.07 Å². The average Bonchev–Trinajstić information content (AvgIpc) is 2.33. The van der Waals surface area contributed by atoms with Crippen LogP contribution in [0.25, 0.3) is 0 Å². The van der Waals surface area contributed by atoms with Gasteiger partial charge < -0.3 is 10.6 Å². The largest absolute Gasteiger partial charge is 0.435 e. The fraction of sp³-hybridized carbons (Fsp3) is 0.583. The predicted molar refractivity (Wildman–Crippen MR) is 75.5 cm³/mol. The number of anilines is 1. The van der Waals surface area contributed by atoms with Crippen LogP contribution in [0.5, 0.6) is 0 Å². The van der Waals surface area contributed by atoms with Crippen LogP contribution in [-0.4, -0.2) is 28.3 Å². The van der Waals surface area contributed by atoms with Crippen LogP contribution in [0.3, 0.4) is 0 Å². The zero-order valence-corrected chi connectivity index (χ0v) is 12.1. The lowest BCUT2D eigenvalue weighted by Gasteiger charge is -2.25. The first-order valence-corrected chi connectivity index (χ1v) is 6.55. The van der Waals surface area contributed by atoms with E-state index in [0.29, 0.717) is 36.2 Å². The van der Waals surface area contributed by atoms with Gasteiger partial charge in [0.15, 0.2) is 11.5 Å². The van der Waals surface area contributed by atoms with E-state index >= 15 is 0 Å². The van der Waals surface area contributed by atoms with Gasteiger partial charge in [-0.1, -0.05) is 26.1 Å². The quantitative estimate of drug-likeness (QED) is 0.819. The van der Waals surface area contributed by atoms with Crippen molar-refractivity contribution in [1.29, 1.82) is 0 Å². The lowest BCUT2D eigenvalue weighted by atomic mass is 10.2. The predicted octanol–water partition coefficient (Wildman–Crippen LogP) is 2.63. The second-order valence-corrected chi connectivity index (χ2v) is 5.36. The van der Waals surface area contributed by atoms with Crippen LogP contribution >= 0.6 is 12.2 Å². The summed E-state index contributed by atoms with van der Waals surface area (Å²) in [5.74, 6) is 0.716. The topological polar surface area (TPSA) is 55.0 Å². The van der Waals surface area contributed by atoms with Crippen molar-refractivity contribution >= 4 is 23.0 Å². The molecule has 0 saturated heterocycles. The van der Waals surface area contributed by atoms with Gasteiger partial charge in [-0.05, 0) is 18.1 Å². The third kappa shape index (κ3) is 5.28. The van der Waals surface area contributed by atoms with Crippen LogP contribution in [-0.2, 0) is 6.18 Å². The van der Waals surface area contributed by atoms with E-state index in [4.69, 9.17) is 18.0 Å². The van der Waals surface area contributed by atoms with Crippen molar-refractivity contribution in [2.75, 3.05) is 18.0 Å². The Morgan fingerprint density at radius 1 is 1.35 bits per heavy atom. The maximum Gasteiger partial charge on any atom is 0.435 e. The molecule has 1 heterocycles. The van der Waals surface area contributed by atoms with E-state index in [-0.39, 0.29) is 0 Å².